The summed E-state index contributed by atoms with van der Waals surface area (Å²) in [5, 5.41) is 9.27. The van der Waals surface area contributed by atoms with Crippen molar-refractivity contribution in [3.05, 3.63) is 59.2 Å². The molecule has 0 radical (unpaired) electrons. The molecule has 0 fully saturated rings. The SMILES string of the molecule is CS(=O)(=O)O.CS(=O)(=O)O.Cc1cc2ncnc(NCCCCCCCCCNc3ncnc4cc(C)c(C)cc34)c2cc1C. The second kappa shape index (κ2) is 17.9. The smallest absolute Gasteiger partial charge is 0.261 e. The first kappa shape index (κ1) is 37.7. The van der Waals surface area contributed by atoms with Crippen molar-refractivity contribution in [1.29, 1.82) is 0 Å². The highest BCUT2D eigenvalue weighted by molar-refractivity contribution is 7.85. The van der Waals surface area contributed by atoms with Gasteiger partial charge in [-0.1, -0.05) is 32.1 Å². The largest absolute Gasteiger partial charge is 0.369 e. The molecule has 0 saturated heterocycles. The molecule has 4 rings (SSSR count). The van der Waals surface area contributed by atoms with E-state index in [0.29, 0.717) is 12.5 Å². The molecule has 2 aromatic heterocycles. The number of anilines is 2. The number of hydrogen-bond acceptors (Lipinski definition) is 10. The van der Waals surface area contributed by atoms with Crippen LogP contribution in [0.2, 0.25) is 0 Å². The van der Waals surface area contributed by atoms with Crippen molar-refractivity contribution < 1.29 is 25.9 Å². The van der Waals surface area contributed by atoms with Crippen LogP contribution in [0, 0.1) is 27.7 Å². The van der Waals surface area contributed by atoms with Gasteiger partial charge >= 0.3 is 0 Å². The molecule has 0 bridgehead atoms. The molecule has 2 aromatic carbocycles. The Balaban J connectivity index is 0.000000613. The molecule has 0 aliphatic carbocycles. The normalized spacial score (nSPS) is 11.4. The summed E-state index contributed by atoms with van der Waals surface area (Å²) in [5.74, 6) is 1.90. The fourth-order valence-corrected chi connectivity index (χ4v) is 4.46. The zero-order chi connectivity index (χ0) is 33.6. The van der Waals surface area contributed by atoms with Crippen molar-refractivity contribution in [1.82, 2.24) is 19.9 Å². The van der Waals surface area contributed by atoms with Crippen molar-refractivity contribution in [2.24, 2.45) is 0 Å². The van der Waals surface area contributed by atoms with Gasteiger partial charge in [0.2, 0.25) is 0 Å². The monoisotopic (exact) mass is 662 g/mol. The maximum atomic E-state index is 9.19. The van der Waals surface area contributed by atoms with E-state index < -0.39 is 20.2 Å². The third-order valence-electron chi connectivity index (χ3n) is 6.94. The number of nitrogens with zero attached hydrogens (tertiary/aromatic N) is 4. The Bertz CT molecular complexity index is 1620. The molecule has 45 heavy (non-hydrogen) atoms. The molecule has 12 nitrogen and oxygen atoms in total. The van der Waals surface area contributed by atoms with Crippen molar-refractivity contribution in [2.75, 3.05) is 36.2 Å². The number of nitrogens with one attached hydrogen (secondary N) is 2. The average Bonchev–Trinajstić information content (AvgIpc) is 2.91. The topological polar surface area (TPSA) is 184 Å². The molecule has 0 aliphatic heterocycles. The van der Waals surface area contributed by atoms with Gasteiger partial charge in [-0.2, -0.15) is 16.8 Å². The molecule has 0 spiro atoms. The van der Waals surface area contributed by atoms with Crippen LogP contribution in [0.5, 0.6) is 0 Å². The first-order chi connectivity index (χ1) is 21.0. The van der Waals surface area contributed by atoms with Crippen LogP contribution in [0.1, 0.15) is 67.2 Å². The summed E-state index contributed by atoms with van der Waals surface area (Å²) in [6.07, 6.45) is 13.4. The minimum Gasteiger partial charge on any atom is -0.369 e. The van der Waals surface area contributed by atoms with Gasteiger partial charge in [0.25, 0.3) is 20.2 Å². The second-order valence-electron chi connectivity index (χ2n) is 11.1. The summed E-state index contributed by atoms with van der Waals surface area (Å²) in [5.41, 5.74) is 7.12. The highest BCUT2D eigenvalue weighted by atomic mass is 32.2. The van der Waals surface area contributed by atoms with Gasteiger partial charge in [0, 0.05) is 23.9 Å². The number of aryl methyl sites for hydroxylation is 4. The third-order valence-corrected chi connectivity index (χ3v) is 6.94. The van der Waals surface area contributed by atoms with Crippen LogP contribution in [0.3, 0.4) is 0 Å². The van der Waals surface area contributed by atoms with Crippen LogP contribution in [0.15, 0.2) is 36.9 Å². The number of benzene rings is 2. The van der Waals surface area contributed by atoms with Gasteiger partial charge in [0.15, 0.2) is 0 Å². The Morgan fingerprint density at radius 2 is 0.822 bits per heavy atom. The molecule has 0 atom stereocenters. The molecule has 2 heterocycles. The van der Waals surface area contributed by atoms with Gasteiger partial charge in [-0.25, -0.2) is 19.9 Å². The van der Waals surface area contributed by atoms with Crippen LogP contribution in [0.25, 0.3) is 21.8 Å². The number of unbranched alkanes of at least 4 members (excludes halogenated alkanes) is 6. The average molecular weight is 663 g/mol. The predicted molar refractivity (Wildman–Crippen MR) is 182 cm³/mol. The molecule has 0 aliphatic rings. The molecule has 0 amide bonds. The minimum absolute atomic E-state index is 0.715. The van der Waals surface area contributed by atoms with E-state index in [2.05, 4.69) is 82.5 Å². The quantitative estimate of drug-likeness (QED) is 0.102. The van der Waals surface area contributed by atoms with Gasteiger partial charge in [0.05, 0.1) is 23.5 Å². The minimum atomic E-state index is -3.67. The Labute approximate surface area is 267 Å². The van der Waals surface area contributed by atoms with E-state index in [1.54, 1.807) is 12.7 Å². The predicted octanol–water partition coefficient (Wildman–Crippen LogP) is 6.07. The summed E-state index contributed by atoms with van der Waals surface area (Å²) >= 11 is 0. The van der Waals surface area contributed by atoms with Crippen molar-refractivity contribution in [3.63, 3.8) is 0 Å². The maximum absolute atomic E-state index is 9.19. The Kier molecular flexibility index (Phi) is 15.0. The van der Waals surface area contributed by atoms with Gasteiger partial charge in [-0.3, -0.25) is 9.11 Å². The van der Waals surface area contributed by atoms with Crippen molar-refractivity contribution in [2.45, 2.75) is 72.6 Å². The van der Waals surface area contributed by atoms with Gasteiger partial charge in [-0.05, 0) is 87.1 Å². The molecular formula is C31H46N6O6S2. The third kappa shape index (κ3) is 15.4. The van der Waals surface area contributed by atoms with E-state index in [9.17, 15) is 16.8 Å². The van der Waals surface area contributed by atoms with Crippen LogP contribution < -0.4 is 10.6 Å². The summed E-state index contributed by atoms with van der Waals surface area (Å²) in [6.45, 7) is 10.4. The summed E-state index contributed by atoms with van der Waals surface area (Å²) in [7, 11) is -7.33. The summed E-state index contributed by atoms with van der Waals surface area (Å²) in [6, 6.07) is 8.67. The first-order valence-corrected chi connectivity index (χ1v) is 18.5. The van der Waals surface area contributed by atoms with Crippen molar-refractivity contribution >= 4 is 53.7 Å². The second-order valence-corrected chi connectivity index (χ2v) is 14.1. The Morgan fingerprint density at radius 1 is 0.533 bits per heavy atom. The first-order valence-electron chi connectivity index (χ1n) is 14.8. The van der Waals surface area contributed by atoms with Gasteiger partial charge in [0.1, 0.15) is 24.3 Å². The highest BCUT2D eigenvalue weighted by Gasteiger charge is 2.07. The Morgan fingerprint density at radius 3 is 1.16 bits per heavy atom. The van der Waals surface area contributed by atoms with E-state index in [-0.39, 0.29) is 0 Å². The summed E-state index contributed by atoms with van der Waals surface area (Å²) in [4.78, 5) is 17.8. The van der Waals surface area contributed by atoms with Crippen molar-refractivity contribution in [3.8, 4) is 0 Å². The zero-order valence-corrected chi connectivity index (χ0v) is 28.6. The molecule has 0 saturated carbocycles. The molecule has 0 unspecified atom stereocenters. The molecule has 4 aromatic rings. The number of fused-ring (bicyclic) bond motifs is 2. The zero-order valence-electron chi connectivity index (χ0n) is 27.0. The lowest BCUT2D eigenvalue weighted by Gasteiger charge is -2.10. The lowest BCUT2D eigenvalue weighted by atomic mass is 10.1. The number of rotatable bonds is 12. The van der Waals surface area contributed by atoms with Gasteiger partial charge < -0.3 is 10.6 Å². The van der Waals surface area contributed by atoms with E-state index in [1.165, 1.54) is 54.4 Å². The fraction of sp³-hybridized carbons (Fsp3) is 0.484. The lowest BCUT2D eigenvalue weighted by molar-refractivity contribution is 0.488. The summed E-state index contributed by atoms with van der Waals surface area (Å²) < 4.78 is 51.7. The standard InChI is InChI=1S/C29H38N6.2CH4O3S/c1-20-14-24-26(16-22(20)3)32-18-34-28(24)30-12-10-8-6-5-7-9-11-13-31-29-25-15-21(2)23(4)17-27(25)33-19-35-29;2*1-5(2,3)4/h14-19H,5-13H2,1-4H3,(H,30,32,34)(H,31,33,35);2*1H3,(H,2,3,4). The maximum Gasteiger partial charge on any atom is 0.261 e. The van der Waals surface area contributed by atoms with E-state index in [1.807, 2.05) is 0 Å². The van der Waals surface area contributed by atoms with E-state index in [0.717, 1.165) is 59.4 Å². The van der Waals surface area contributed by atoms with Crippen LogP contribution in [0.4, 0.5) is 11.6 Å². The highest BCUT2D eigenvalue weighted by Crippen LogP contribution is 2.24. The Hall–Kier alpha value is -3.46. The van der Waals surface area contributed by atoms with Crippen LogP contribution in [-0.2, 0) is 20.2 Å². The number of aromatic nitrogens is 4. The lowest BCUT2D eigenvalue weighted by Crippen LogP contribution is -2.05. The molecular weight excluding hydrogens is 617 g/mol. The van der Waals surface area contributed by atoms with E-state index in [4.69, 9.17) is 9.11 Å². The number of hydrogen-bond donors (Lipinski definition) is 4. The molecule has 14 heteroatoms. The fourth-order valence-electron chi connectivity index (χ4n) is 4.46. The molecule has 4 N–H and O–H groups in total. The van der Waals surface area contributed by atoms with Gasteiger partial charge in [-0.15, -0.1) is 0 Å². The van der Waals surface area contributed by atoms with E-state index >= 15 is 0 Å². The molecule has 248 valence electrons. The van der Waals surface area contributed by atoms with Crippen LogP contribution in [-0.4, -0.2) is 71.5 Å². The van der Waals surface area contributed by atoms with Crippen LogP contribution >= 0.6 is 0 Å².